The van der Waals surface area contributed by atoms with Crippen LogP contribution in [0.2, 0.25) is 0 Å². The highest BCUT2D eigenvalue weighted by molar-refractivity contribution is 8.00. The molecule has 1 N–H and O–H groups in total. The van der Waals surface area contributed by atoms with E-state index < -0.39 is 0 Å². The number of thioether (sulfide) groups is 1. The van der Waals surface area contributed by atoms with Gasteiger partial charge in [-0.1, -0.05) is 6.92 Å². The molecule has 2 heterocycles. The minimum atomic E-state index is 0.769. The first-order chi connectivity index (χ1) is 7.38. The third-order valence-corrected chi connectivity index (χ3v) is 4.02. The number of aryl methyl sites for hydroxylation is 1. The van der Waals surface area contributed by atoms with Crippen molar-refractivity contribution in [2.45, 2.75) is 31.4 Å². The minimum Gasteiger partial charge on any atom is -0.369 e. The summed E-state index contributed by atoms with van der Waals surface area (Å²) in [6.45, 7) is 3.14. The van der Waals surface area contributed by atoms with E-state index in [-0.39, 0.29) is 0 Å². The van der Waals surface area contributed by atoms with Gasteiger partial charge in [0, 0.05) is 23.6 Å². The van der Waals surface area contributed by atoms with Crippen LogP contribution in [0.15, 0.2) is 12.4 Å². The van der Waals surface area contributed by atoms with Crippen LogP contribution in [0.4, 0.5) is 5.82 Å². The van der Waals surface area contributed by atoms with Crippen LogP contribution in [-0.2, 0) is 6.42 Å². The maximum atomic E-state index is 4.22. The molecule has 0 radical (unpaired) electrons. The molecule has 0 saturated carbocycles. The molecule has 1 fully saturated rings. The van der Waals surface area contributed by atoms with Crippen LogP contribution in [-0.4, -0.2) is 27.5 Å². The van der Waals surface area contributed by atoms with Crippen molar-refractivity contribution >= 4 is 17.6 Å². The van der Waals surface area contributed by atoms with Crippen molar-refractivity contribution in [2.24, 2.45) is 0 Å². The van der Waals surface area contributed by atoms with Crippen molar-refractivity contribution in [3.8, 4) is 0 Å². The summed E-state index contributed by atoms with van der Waals surface area (Å²) >= 11 is 2.07. The van der Waals surface area contributed by atoms with Crippen molar-refractivity contribution in [3.05, 3.63) is 18.1 Å². The van der Waals surface area contributed by atoms with Crippen molar-refractivity contribution in [1.82, 2.24) is 9.97 Å². The summed E-state index contributed by atoms with van der Waals surface area (Å²) in [6.07, 6.45) is 5.31. The first kappa shape index (κ1) is 10.7. The van der Waals surface area contributed by atoms with Crippen LogP contribution in [0.25, 0.3) is 0 Å². The topological polar surface area (TPSA) is 37.8 Å². The number of aromatic nitrogens is 2. The zero-order chi connectivity index (χ0) is 10.5. The SMILES string of the molecule is CCc1cc(NCC2CCCS2)ncn1. The zero-order valence-corrected chi connectivity index (χ0v) is 9.89. The second-order valence-electron chi connectivity index (χ2n) is 3.76. The molecule has 0 aromatic carbocycles. The van der Waals surface area contributed by atoms with Gasteiger partial charge in [0.05, 0.1) is 0 Å². The van der Waals surface area contributed by atoms with Crippen molar-refractivity contribution < 1.29 is 0 Å². The standard InChI is InChI=1S/C11H17N3S/c1-2-9-6-11(14-8-13-9)12-7-10-4-3-5-15-10/h6,8,10H,2-5,7H2,1H3,(H,12,13,14). The molecular formula is C11H17N3S. The summed E-state index contributed by atoms with van der Waals surface area (Å²) in [4.78, 5) is 8.40. The van der Waals surface area contributed by atoms with Crippen LogP contribution in [0.5, 0.6) is 0 Å². The van der Waals surface area contributed by atoms with Crippen molar-refractivity contribution in [2.75, 3.05) is 17.6 Å². The Morgan fingerprint density at radius 3 is 3.20 bits per heavy atom. The molecule has 0 amide bonds. The summed E-state index contributed by atoms with van der Waals surface area (Å²) in [7, 11) is 0. The highest BCUT2D eigenvalue weighted by Gasteiger charge is 2.14. The lowest BCUT2D eigenvalue weighted by Crippen LogP contribution is -2.14. The fourth-order valence-electron chi connectivity index (χ4n) is 1.71. The number of hydrogen-bond donors (Lipinski definition) is 1. The highest BCUT2D eigenvalue weighted by atomic mass is 32.2. The van der Waals surface area contributed by atoms with Crippen molar-refractivity contribution in [1.29, 1.82) is 0 Å². The van der Waals surface area contributed by atoms with E-state index in [9.17, 15) is 0 Å². The Hall–Kier alpha value is -0.770. The summed E-state index contributed by atoms with van der Waals surface area (Å²) < 4.78 is 0. The molecule has 15 heavy (non-hydrogen) atoms. The van der Waals surface area contributed by atoms with E-state index in [1.54, 1.807) is 6.33 Å². The van der Waals surface area contributed by atoms with Gasteiger partial charge in [-0.3, -0.25) is 0 Å². The average molecular weight is 223 g/mol. The van der Waals surface area contributed by atoms with Gasteiger partial charge in [0.15, 0.2) is 0 Å². The Balaban J connectivity index is 1.86. The Morgan fingerprint density at radius 1 is 1.53 bits per heavy atom. The Kier molecular flexibility index (Phi) is 3.83. The summed E-state index contributed by atoms with van der Waals surface area (Å²) in [5.74, 6) is 2.28. The Morgan fingerprint density at radius 2 is 2.47 bits per heavy atom. The second-order valence-corrected chi connectivity index (χ2v) is 5.17. The van der Waals surface area contributed by atoms with Gasteiger partial charge >= 0.3 is 0 Å². The first-order valence-corrected chi connectivity index (χ1v) is 6.59. The van der Waals surface area contributed by atoms with E-state index in [4.69, 9.17) is 0 Å². The predicted molar refractivity (Wildman–Crippen MR) is 65.4 cm³/mol. The number of nitrogens with one attached hydrogen (secondary N) is 1. The van der Waals surface area contributed by atoms with Gasteiger partial charge in [0.1, 0.15) is 12.1 Å². The third-order valence-electron chi connectivity index (χ3n) is 2.62. The van der Waals surface area contributed by atoms with Gasteiger partial charge in [0.2, 0.25) is 0 Å². The van der Waals surface area contributed by atoms with Crippen LogP contribution in [0.1, 0.15) is 25.5 Å². The fraction of sp³-hybridized carbons (Fsp3) is 0.636. The maximum Gasteiger partial charge on any atom is 0.129 e. The average Bonchev–Trinajstić information content (AvgIpc) is 2.79. The Bertz CT molecular complexity index is 310. The van der Waals surface area contributed by atoms with E-state index >= 15 is 0 Å². The van der Waals surface area contributed by atoms with Crippen LogP contribution in [0, 0.1) is 0 Å². The van der Waals surface area contributed by atoms with Crippen LogP contribution < -0.4 is 5.32 Å². The maximum absolute atomic E-state index is 4.22. The molecule has 1 saturated heterocycles. The Labute approximate surface area is 95.1 Å². The van der Waals surface area contributed by atoms with Gasteiger partial charge in [-0.2, -0.15) is 11.8 Å². The summed E-state index contributed by atoms with van der Waals surface area (Å²) in [5.41, 5.74) is 1.10. The molecule has 0 aliphatic carbocycles. The van der Waals surface area contributed by atoms with E-state index in [2.05, 4.69) is 34.0 Å². The van der Waals surface area contributed by atoms with Crippen LogP contribution >= 0.6 is 11.8 Å². The number of hydrogen-bond acceptors (Lipinski definition) is 4. The lowest BCUT2D eigenvalue weighted by atomic mass is 10.2. The third kappa shape index (κ3) is 3.09. The van der Waals surface area contributed by atoms with Gasteiger partial charge < -0.3 is 5.32 Å². The largest absolute Gasteiger partial charge is 0.369 e. The molecule has 4 heteroatoms. The molecule has 0 spiro atoms. The molecule has 3 nitrogen and oxygen atoms in total. The fourth-order valence-corrected chi connectivity index (χ4v) is 2.91. The van der Waals surface area contributed by atoms with E-state index in [1.807, 2.05) is 6.07 Å². The molecule has 1 aliphatic heterocycles. The molecular weight excluding hydrogens is 206 g/mol. The van der Waals surface area contributed by atoms with Gasteiger partial charge in [-0.15, -0.1) is 0 Å². The quantitative estimate of drug-likeness (QED) is 0.850. The highest BCUT2D eigenvalue weighted by Crippen LogP contribution is 2.25. The molecule has 1 unspecified atom stereocenters. The molecule has 1 atom stereocenters. The predicted octanol–water partition coefficient (Wildman–Crippen LogP) is 2.35. The van der Waals surface area contributed by atoms with E-state index in [0.717, 1.165) is 29.7 Å². The number of nitrogens with zero attached hydrogens (tertiary/aromatic N) is 2. The lowest BCUT2D eigenvalue weighted by Gasteiger charge is -2.10. The minimum absolute atomic E-state index is 0.769. The second kappa shape index (κ2) is 5.35. The van der Waals surface area contributed by atoms with Crippen molar-refractivity contribution in [3.63, 3.8) is 0 Å². The number of rotatable bonds is 4. The smallest absolute Gasteiger partial charge is 0.129 e. The lowest BCUT2D eigenvalue weighted by molar-refractivity contribution is 0.802. The molecule has 82 valence electrons. The van der Waals surface area contributed by atoms with Gasteiger partial charge in [-0.05, 0) is 25.0 Å². The molecule has 2 rings (SSSR count). The molecule has 0 bridgehead atoms. The number of anilines is 1. The molecule has 1 aromatic rings. The molecule has 1 aliphatic rings. The monoisotopic (exact) mass is 223 g/mol. The normalized spacial score (nSPS) is 20.5. The molecule has 1 aromatic heterocycles. The zero-order valence-electron chi connectivity index (χ0n) is 9.07. The van der Waals surface area contributed by atoms with E-state index in [0.29, 0.717) is 0 Å². The first-order valence-electron chi connectivity index (χ1n) is 5.55. The van der Waals surface area contributed by atoms with E-state index in [1.165, 1.54) is 18.6 Å². The van der Waals surface area contributed by atoms with Gasteiger partial charge in [0.25, 0.3) is 0 Å². The summed E-state index contributed by atoms with van der Waals surface area (Å²) in [5, 5.41) is 4.16. The van der Waals surface area contributed by atoms with Gasteiger partial charge in [-0.25, -0.2) is 9.97 Å². The summed E-state index contributed by atoms with van der Waals surface area (Å²) in [6, 6.07) is 2.04. The van der Waals surface area contributed by atoms with Crippen LogP contribution in [0.3, 0.4) is 0 Å².